The quantitative estimate of drug-likeness (QED) is 0.680. The summed E-state index contributed by atoms with van der Waals surface area (Å²) >= 11 is 6.14. The number of amides is 1. The van der Waals surface area contributed by atoms with Crippen molar-refractivity contribution in [2.45, 2.75) is 6.54 Å². The van der Waals surface area contributed by atoms with Gasteiger partial charge in [0.2, 0.25) is 0 Å². The minimum atomic E-state index is -0.400. The molecule has 0 aliphatic carbocycles. The van der Waals surface area contributed by atoms with Crippen LogP contribution in [0.2, 0.25) is 5.02 Å². The van der Waals surface area contributed by atoms with E-state index in [4.69, 9.17) is 16.0 Å². The van der Waals surface area contributed by atoms with Gasteiger partial charge in [-0.15, -0.1) is 0 Å². The van der Waals surface area contributed by atoms with E-state index in [9.17, 15) is 9.59 Å². The first-order chi connectivity index (χ1) is 12.6. The maximum Gasteiger partial charge on any atom is 0.337 e. The van der Waals surface area contributed by atoms with Gasteiger partial charge >= 0.3 is 5.97 Å². The average molecular weight is 370 g/mol. The SMILES string of the molecule is COC(=O)c1ccc(CNC(=O)c2ccc(-c3ccccc3Cl)o2)cc1. The number of carbonyl (C=O) groups is 2. The third kappa shape index (κ3) is 3.95. The topological polar surface area (TPSA) is 68.5 Å². The number of hydrogen-bond donors (Lipinski definition) is 1. The molecule has 0 saturated heterocycles. The molecule has 0 saturated carbocycles. The van der Waals surface area contributed by atoms with Gasteiger partial charge < -0.3 is 14.5 Å². The first-order valence-corrected chi connectivity index (χ1v) is 8.26. The third-order valence-electron chi connectivity index (χ3n) is 3.80. The molecule has 0 atom stereocenters. The summed E-state index contributed by atoms with van der Waals surface area (Å²) in [7, 11) is 1.33. The Labute approximate surface area is 155 Å². The highest BCUT2D eigenvalue weighted by atomic mass is 35.5. The summed E-state index contributed by atoms with van der Waals surface area (Å²) in [5.41, 5.74) is 2.04. The molecule has 1 N–H and O–H groups in total. The number of halogens is 1. The third-order valence-corrected chi connectivity index (χ3v) is 4.13. The molecule has 0 bridgehead atoms. The van der Waals surface area contributed by atoms with Crippen molar-refractivity contribution in [1.82, 2.24) is 5.32 Å². The second-order valence-electron chi connectivity index (χ2n) is 5.51. The van der Waals surface area contributed by atoms with Crippen molar-refractivity contribution < 1.29 is 18.7 Å². The van der Waals surface area contributed by atoms with Crippen molar-refractivity contribution in [1.29, 1.82) is 0 Å². The van der Waals surface area contributed by atoms with Gasteiger partial charge in [0.1, 0.15) is 5.76 Å². The number of benzene rings is 2. The Hall–Kier alpha value is -3.05. The molecular weight excluding hydrogens is 354 g/mol. The molecule has 0 spiro atoms. The number of hydrogen-bond acceptors (Lipinski definition) is 4. The molecule has 1 heterocycles. The predicted octanol–water partition coefficient (Wildman–Crippen LogP) is 4.32. The summed E-state index contributed by atoms with van der Waals surface area (Å²) in [6.45, 7) is 0.308. The summed E-state index contributed by atoms with van der Waals surface area (Å²) in [5, 5.41) is 3.33. The van der Waals surface area contributed by atoms with Crippen LogP contribution in [0.15, 0.2) is 65.1 Å². The van der Waals surface area contributed by atoms with Crippen molar-refractivity contribution in [3.63, 3.8) is 0 Å². The Morgan fingerprint density at radius 2 is 1.77 bits per heavy atom. The van der Waals surface area contributed by atoms with Crippen molar-refractivity contribution in [3.05, 3.63) is 82.6 Å². The lowest BCUT2D eigenvalue weighted by Gasteiger charge is -2.05. The minimum Gasteiger partial charge on any atom is -0.465 e. The molecule has 1 amide bonds. The largest absolute Gasteiger partial charge is 0.465 e. The number of esters is 1. The van der Waals surface area contributed by atoms with Crippen LogP contribution in [0.3, 0.4) is 0 Å². The lowest BCUT2D eigenvalue weighted by atomic mass is 10.1. The number of carbonyl (C=O) groups excluding carboxylic acids is 2. The lowest BCUT2D eigenvalue weighted by molar-refractivity contribution is 0.0600. The number of nitrogens with one attached hydrogen (secondary N) is 1. The number of methoxy groups -OCH3 is 1. The Bertz CT molecular complexity index is 931. The fourth-order valence-electron chi connectivity index (χ4n) is 2.41. The Morgan fingerprint density at radius 3 is 2.46 bits per heavy atom. The smallest absolute Gasteiger partial charge is 0.337 e. The second-order valence-corrected chi connectivity index (χ2v) is 5.92. The molecule has 6 heteroatoms. The maximum atomic E-state index is 12.3. The summed E-state index contributed by atoms with van der Waals surface area (Å²) in [6.07, 6.45) is 0. The van der Waals surface area contributed by atoms with Crippen LogP contribution >= 0.6 is 11.6 Å². The standard InChI is InChI=1S/C20H16ClNO4/c1-25-20(24)14-8-6-13(7-9-14)12-22-19(23)18-11-10-17(26-18)15-4-2-3-5-16(15)21/h2-11H,12H2,1H3,(H,22,23). The summed E-state index contributed by atoms with van der Waals surface area (Å²) in [4.78, 5) is 23.7. The van der Waals surface area contributed by atoms with Gasteiger partial charge in [-0.25, -0.2) is 4.79 Å². The summed E-state index contributed by atoms with van der Waals surface area (Å²) in [5.74, 6) is -0.00194. The predicted molar refractivity (Wildman–Crippen MR) is 98.1 cm³/mol. The van der Waals surface area contributed by atoms with E-state index in [1.807, 2.05) is 18.2 Å². The Morgan fingerprint density at radius 1 is 1.04 bits per heavy atom. The normalized spacial score (nSPS) is 10.4. The molecule has 0 fully saturated rings. The van der Waals surface area contributed by atoms with E-state index in [-0.39, 0.29) is 11.7 Å². The van der Waals surface area contributed by atoms with Crippen molar-refractivity contribution in [2.75, 3.05) is 7.11 Å². The summed E-state index contributed by atoms with van der Waals surface area (Å²) < 4.78 is 10.3. The lowest BCUT2D eigenvalue weighted by Crippen LogP contribution is -2.22. The zero-order chi connectivity index (χ0) is 18.5. The minimum absolute atomic E-state index is 0.200. The van der Waals surface area contributed by atoms with Gasteiger partial charge in [-0.05, 0) is 42.0 Å². The van der Waals surface area contributed by atoms with Crippen LogP contribution in [0.5, 0.6) is 0 Å². The average Bonchev–Trinajstić information content (AvgIpc) is 3.16. The number of furan rings is 1. The zero-order valence-corrected chi connectivity index (χ0v) is 14.7. The molecular formula is C20H16ClNO4. The van der Waals surface area contributed by atoms with Crippen LogP contribution in [0.1, 0.15) is 26.5 Å². The van der Waals surface area contributed by atoms with Gasteiger partial charge in [-0.2, -0.15) is 0 Å². The molecule has 26 heavy (non-hydrogen) atoms. The van der Waals surface area contributed by atoms with Crippen molar-refractivity contribution in [3.8, 4) is 11.3 Å². The van der Waals surface area contributed by atoms with Crippen LogP contribution in [-0.4, -0.2) is 19.0 Å². The van der Waals surface area contributed by atoms with E-state index >= 15 is 0 Å². The van der Waals surface area contributed by atoms with Crippen molar-refractivity contribution in [2.24, 2.45) is 0 Å². The van der Waals surface area contributed by atoms with Crippen LogP contribution in [-0.2, 0) is 11.3 Å². The molecule has 0 unspecified atom stereocenters. The molecule has 132 valence electrons. The molecule has 2 aromatic carbocycles. The van der Waals surface area contributed by atoms with Crippen LogP contribution < -0.4 is 5.32 Å². The molecule has 0 aliphatic heterocycles. The molecule has 3 aromatic rings. The fourth-order valence-corrected chi connectivity index (χ4v) is 2.64. The Kier molecular flexibility index (Phi) is 5.39. The van der Waals surface area contributed by atoms with E-state index in [0.717, 1.165) is 11.1 Å². The monoisotopic (exact) mass is 369 g/mol. The number of ether oxygens (including phenoxy) is 1. The zero-order valence-electron chi connectivity index (χ0n) is 14.0. The van der Waals surface area contributed by atoms with Crippen molar-refractivity contribution >= 4 is 23.5 Å². The van der Waals surface area contributed by atoms with Gasteiger partial charge in [-0.1, -0.05) is 35.9 Å². The molecule has 5 nitrogen and oxygen atoms in total. The molecule has 0 radical (unpaired) electrons. The highest BCUT2D eigenvalue weighted by molar-refractivity contribution is 6.33. The van der Waals surface area contributed by atoms with Crippen LogP contribution in [0, 0.1) is 0 Å². The first-order valence-electron chi connectivity index (χ1n) is 7.88. The highest BCUT2D eigenvalue weighted by Gasteiger charge is 2.13. The number of rotatable bonds is 5. The first kappa shape index (κ1) is 17.8. The Balaban J connectivity index is 1.64. The van der Waals surface area contributed by atoms with E-state index < -0.39 is 5.97 Å². The van der Waals surface area contributed by atoms with Crippen LogP contribution in [0.4, 0.5) is 0 Å². The van der Waals surface area contributed by atoms with Gasteiger partial charge in [0.15, 0.2) is 5.76 Å². The van der Waals surface area contributed by atoms with Gasteiger partial charge in [-0.3, -0.25) is 4.79 Å². The van der Waals surface area contributed by atoms with Crippen LogP contribution in [0.25, 0.3) is 11.3 Å². The van der Waals surface area contributed by atoms with E-state index in [0.29, 0.717) is 22.9 Å². The van der Waals surface area contributed by atoms with E-state index in [1.165, 1.54) is 7.11 Å². The fraction of sp³-hybridized carbons (Fsp3) is 0.100. The molecule has 0 aliphatic rings. The maximum absolute atomic E-state index is 12.3. The second kappa shape index (κ2) is 7.89. The van der Waals surface area contributed by atoms with E-state index in [2.05, 4.69) is 10.1 Å². The molecule has 1 aromatic heterocycles. The van der Waals surface area contributed by atoms with E-state index in [1.54, 1.807) is 42.5 Å². The summed E-state index contributed by atoms with van der Waals surface area (Å²) in [6, 6.07) is 17.4. The highest BCUT2D eigenvalue weighted by Crippen LogP contribution is 2.29. The van der Waals surface area contributed by atoms with Gasteiger partial charge in [0.05, 0.1) is 17.7 Å². The van der Waals surface area contributed by atoms with Gasteiger partial charge in [0.25, 0.3) is 5.91 Å². The molecule has 3 rings (SSSR count). The van der Waals surface area contributed by atoms with Gasteiger partial charge in [0, 0.05) is 12.1 Å².